The van der Waals surface area contributed by atoms with Crippen LogP contribution in [0.3, 0.4) is 0 Å². The minimum absolute atomic E-state index is 0.117. The summed E-state index contributed by atoms with van der Waals surface area (Å²) in [4.78, 5) is 0. The average molecular weight is 169 g/mol. The van der Waals surface area contributed by atoms with Crippen molar-refractivity contribution in [3.63, 3.8) is 0 Å². The van der Waals surface area contributed by atoms with E-state index in [1.165, 1.54) is 0 Å². The van der Waals surface area contributed by atoms with Crippen LogP contribution in [0.5, 0.6) is 0 Å². The van der Waals surface area contributed by atoms with Crippen molar-refractivity contribution in [3.8, 4) is 0 Å². The zero-order valence-corrected chi connectivity index (χ0v) is 6.78. The number of alkyl halides is 2. The summed E-state index contributed by atoms with van der Waals surface area (Å²) in [7, 11) is 0. The van der Waals surface area contributed by atoms with Crippen LogP contribution in [0, 0.1) is 5.92 Å². The van der Waals surface area contributed by atoms with E-state index in [0.717, 1.165) is 12.8 Å². The van der Waals surface area contributed by atoms with Crippen LogP contribution in [0.15, 0.2) is 0 Å². The summed E-state index contributed by atoms with van der Waals surface area (Å²) in [6, 6.07) is 0. The highest BCUT2D eigenvalue weighted by Gasteiger charge is 2.54. The molecule has 1 saturated carbocycles. The third-order valence-electron chi connectivity index (χ3n) is 1.76. The zero-order chi connectivity index (χ0) is 7.07. The summed E-state index contributed by atoms with van der Waals surface area (Å²) in [5.41, 5.74) is 0. The first-order chi connectivity index (χ1) is 4.08. The highest BCUT2D eigenvalue weighted by molar-refractivity contribution is 6.50. The molecule has 9 heavy (non-hydrogen) atoms. The molecule has 1 fully saturated rings. The maximum absolute atomic E-state index is 9.16. The molecule has 0 bridgehead atoms. The molecule has 1 N–H and O–H groups in total. The van der Waals surface area contributed by atoms with E-state index < -0.39 is 4.33 Å². The summed E-state index contributed by atoms with van der Waals surface area (Å²) in [6.45, 7) is 1.92. The molecular formula is C6H10Cl2O. The van der Waals surface area contributed by atoms with Gasteiger partial charge in [0, 0.05) is 5.92 Å². The minimum Gasteiger partial charge on any atom is -0.393 e. The second kappa shape index (κ2) is 2.30. The van der Waals surface area contributed by atoms with Crippen LogP contribution in [0.2, 0.25) is 0 Å². The quantitative estimate of drug-likeness (QED) is 0.626. The van der Waals surface area contributed by atoms with E-state index in [9.17, 15) is 0 Å². The van der Waals surface area contributed by atoms with E-state index in [-0.39, 0.29) is 12.0 Å². The number of aliphatic hydroxyl groups is 1. The predicted octanol–water partition coefficient (Wildman–Crippen LogP) is 1.95. The van der Waals surface area contributed by atoms with Gasteiger partial charge in [-0.15, -0.1) is 23.2 Å². The molecule has 1 nitrogen and oxygen atoms in total. The van der Waals surface area contributed by atoms with Gasteiger partial charge in [0.2, 0.25) is 0 Å². The van der Waals surface area contributed by atoms with Crippen molar-refractivity contribution in [3.05, 3.63) is 0 Å². The van der Waals surface area contributed by atoms with E-state index >= 15 is 0 Å². The Hall–Kier alpha value is 0.540. The number of aliphatic hydroxyl groups excluding tert-OH is 1. The molecule has 0 aromatic heterocycles. The fourth-order valence-electron chi connectivity index (χ4n) is 0.936. The van der Waals surface area contributed by atoms with Crippen LogP contribution >= 0.6 is 23.2 Å². The number of rotatable bonds is 2. The van der Waals surface area contributed by atoms with E-state index in [1.54, 1.807) is 0 Å². The van der Waals surface area contributed by atoms with E-state index in [0.29, 0.717) is 0 Å². The molecule has 1 aliphatic carbocycles. The minimum atomic E-state index is -0.616. The largest absolute Gasteiger partial charge is 0.393 e. The summed E-state index contributed by atoms with van der Waals surface area (Å²) >= 11 is 11.4. The van der Waals surface area contributed by atoms with E-state index in [1.807, 2.05) is 6.92 Å². The van der Waals surface area contributed by atoms with Crippen LogP contribution in [0.4, 0.5) is 0 Å². The van der Waals surface area contributed by atoms with Crippen LogP contribution in [-0.4, -0.2) is 15.5 Å². The maximum atomic E-state index is 9.16. The van der Waals surface area contributed by atoms with Gasteiger partial charge >= 0.3 is 0 Å². The smallest absolute Gasteiger partial charge is 0.124 e. The molecule has 2 atom stereocenters. The normalized spacial score (nSPS) is 34.0. The lowest BCUT2D eigenvalue weighted by Gasteiger charge is -2.05. The molecular weight excluding hydrogens is 159 g/mol. The Bertz CT molecular complexity index is 114. The fourth-order valence-corrected chi connectivity index (χ4v) is 1.56. The van der Waals surface area contributed by atoms with Crippen LogP contribution in [0.1, 0.15) is 19.8 Å². The summed E-state index contributed by atoms with van der Waals surface area (Å²) in [6.07, 6.45) is 1.18. The SMILES string of the molecule is CCC(O)C1CC1(Cl)Cl. The molecule has 0 aromatic rings. The first-order valence-corrected chi connectivity index (χ1v) is 3.89. The Balaban J connectivity index is 2.33. The third kappa shape index (κ3) is 1.51. The van der Waals surface area contributed by atoms with Crippen LogP contribution in [-0.2, 0) is 0 Å². The van der Waals surface area contributed by atoms with Crippen molar-refractivity contribution in [2.75, 3.05) is 0 Å². The van der Waals surface area contributed by atoms with Crippen molar-refractivity contribution >= 4 is 23.2 Å². The molecule has 1 aliphatic rings. The topological polar surface area (TPSA) is 20.2 Å². The van der Waals surface area contributed by atoms with Gasteiger partial charge in [-0.1, -0.05) is 6.92 Å². The van der Waals surface area contributed by atoms with E-state index in [4.69, 9.17) is 28.3 Å². The molecule has 2 unspecified atom stereocenters. The highest BCUT2D eigenvalue weighted by atomic mass is 35.5. The maximum Gasteiger partial charge on any atom is 0.124 e. The molecule has 0 heterocycles. The first-order valence-electron chi connectivity index (χ1n) is 3.14. The van der Waals surface area contributed by atoms with Crippen LogP contribution < -0.4 is 0 Å². The van der Waals surface area contributed by atoms with Gasteiger partial charge in [-0.2, -0.15) is 0 Å². The van der Waals surface area contributed by atoms with E-state index in [2.05, 4.69) is 0 Å². The van der Waals surface area contributed by atoms with Crippen molar-refractivity contribution < 1.29 is 5.11 Å². The molecule has 0 spiro atoms. The van der Waals surface area contributed by atoms with Gasteiger partial charge in [0.25, 0.3) is 0 Å². The Kier molecular flexibility index (Phi) is 1.95. The summed E-state index contributed by atoms with van der Waals surface area (Å²) in [5, 5.41) is 9.16. The Morgan fingerprint density at radius 3 is 2.33 bits per heavy atom. The zero-order valence-electron chi connectivity index (χ0n) is 5.27. The monoisotopic (exact) mass is 168 g/mol. The third-order valence-corrected chi connectivity index (χ3v) is 2.63. The fraction of sp³-hybridized carbons (Fsp3) is 1.00. The summed E-state index contributed by atoms with van der Waals surface area (Å²) in [5.74, 6) is 0.117. The highest BCUT2D eigenvalue weighted by Crippen LogP contribution is 2.55. The Morgan fingerprint density at radius 1 is 1.78 bits per heavy atom. The number of hydrogen-bond donors (Lipinski definition) is 1. The lowest BCUT2D eigenvalue weighted by atomic mass is 10.2. The summed E-state index contributed by atoms with van der Waals surface area (Å²) < 4.78 is -0.616. The molecule has 54 valence electrons. The Morgan fingerprint density at radius 2 is 2.22 bits per heavy atom. The molecule has 0 aromatic carbocycles. The van der Waals surface area contributed by atoms with Gasteiger partial charge < -0.3 is 5.11 Å². The van der Waals surface area contributed by atoms with Gasteiger partial charge in [0.15, 0.2) is 0 Å². The number of halogens is 2. The van der Waals surface area contributed by atoms with Crippen molar-refractivity contribution in [1.29, 1.82) is 0 Å². The second-order valence-corrected chi connectivity index (χ2v) is 4.09. The van der Waals surface area contributed by atoms with Gasteiger partial charge in [0.1, 0.15) is 4.33 Å². The predicted molar refractivity (Wildman–Crippen MR) is 38.8 cm³/mol. The second-order valence-electron chi connectivity index (χ2n) is 2.55. The van der Waals surface area contributed by atoms with Gasteiger partial charge in [-0.3, -0.25) is 0 Å². The van der Waals surface area contributed by atoms with Gasteiger partial charge in [0.05, 0.1) is 6.10 Å². The van der Waals surface area contributed by atoms with Crippen molar-refractivity contribution in [1.82, 2.24) is 0 Å². The average Bonchev–Trinajstić information content (AvgIpc) is 2.38. The molecule has 0 amide bonds. The first kappa shape index (κ1) is 7.64. The molecule has 1 rings (SSSR count). The standard InChI is InChI=1S/C6H10Cl2O/c1-2-5(9)4-3-6(4,7)8/h4-5,9H,2-3H2,1H3. The molecule has 0 saturated heterocycles. The molecule has 0 aliphatic heterocycles. The van der Waals surface area contributed by atoms with Crippen LogP contribution in [0.25, 0.3) is 0 Å². The molecule has 0 radical (unpaired) electrons. The van der Waals surface area contributed by atoms with Gasteiger partial charge in [-0.05, 0) is 12.8 Å². The molecule has 3 heteroatoms. The lowest BCUT2D eigenvalue weighted by molar-refractivity contribution is 0.146. The Labute approximate surface area is 65.0 Å². The lowest BCUT2D eigenvalue weighted by Crippen LogP contribution is -2.11. The van der Waals surface area contributed by atoms with Crippen molar-refractivity contribution in [2.24, 2.45) is 5.92 Å². The van der Waals surface area contributed by atoms with Gasteiger partial charge in [-0.25, -0.2) is 0 Å². The van der Waals surface area contributed by atoms with Crippen molar-refractivity contribution in [2.45, 2.75) is 30.2 Å². The number of hydrogen-bond acceptors (Lipinski definition) is 1.